The van der Waals surface area contributed by atoms with Gasteiger partial charge in [0.25, 0.3) is 5.91 Å². The lowest BCUT2D eigenvalue weighted by Crippen LogP contribution is -2.13. The Morgan fingerprint density at radius 3 is 2.41 bits per heavy atom. The molecule has 0 fully saturated rings. The van der Waals surface area contributed by atoms with Crippen LogP contribution < -0.4 is 5.32 Å². The fourth-order valence-electron chi connectivity index (χ4n) is 2.95. The number of nitrogens with one attached hydrogen (secondary N) is 1. The number of aryl methyl sites for hydroxylation is 1. The third kappa shape index (κ3) is 4.29. The predicted octanol–water partition coefficient (Wildman–Crippen LogP) is 5.24. The van der Waals surface area contributed by atoms with E-state index in [2.05, 4.69) is 56.7 Å². The fraction of sp³-hybridized carbons (Fsp3) is 0.0909. The van der Waals surface area contributed by atoms with Crippen molar-refractivity contribution in [3.05, 3.63) is 86.8 Å². The van der Waals surface area contributed by atoms with Gasteiger partial charge in [-0.2, -0.15) is 5.26 Å². The van der Waals surface area contributed by atoms with Gasteiger partial charge in [0.05, 0.1) is 0 Å². The summed E-state index contributed by atoms with van der Waals surface area (Å²) in [5.41, 5.74) is 4.66. The summed E-state index contributed by atoms with van der Waals surface area (Å²) in [5.74, 6) is -0.414. The third-order valence-corrected chi connectivity index (χ3v) is 4.97. The molecule has 1 N–H and O–H groups in total. The quantitative estimate of drug-likeness (QED) is 0.324. The minimum absolute atomic E-state index is 0.0710. The highest BCUT2D eigenvalue weighted by Crippen LogP contribution is 2.23. The number of nitrogens with zero attached hydrogens (tertiary/aromatic N) is 2. The topological polar surface area (TPSA) is 57.8 Å². The first kappa shape index (κ1) is 18.9. The second-order valence-corrected chi connectivity index (χ2v) is 7.37. The predicted molar refractivity (Wildman–Crippen MR) is 117 cm³/mol. The first-order chi connectivity index (χ1) is 13.0. The molecule has 1 aromatic heterocycles. The zero-order valence-electron chi connectivity index (χ0n) is 15.0. The summed E-state index contributed by atoms with van der Waals surface area (Å²) in [7, 11) is 0. The average molecular weight is 467 g/mol. The Morgan fingerprint density at radius 1 is 1.11 bits per heavy atom. The first-order valence-electron chi connectivity index (χ1n) is 8.42. The van der Waals surface area contributed by atoms with Crippen molar-refractivity contribution in [2.24, 2.45) is 0 Å². The molecule has 0 aliphatic heterocycles. The molecule has 0 spiro atoms. The second kappa shape index (κ2) is 8.23. The van der Waals surface area contributed by atoms with E-state index >= 15 is 0 Å². The Bertz CT molecular complexity index is 1040. The van der Waals surface area contributed by atoms with Crippen LogP contribution in [-0.4, -0.2) is 10.5 Å². The van der Waals surface area contributed by atoms with Crippen molar-refractivity contribution in [3.63, 3.8) is 0 Å². The molecule has 0 unspecified atom stereocenters. The van der Waals surface area contributed by atoms with Crippen molar-refractivity contribution in [2.45, 2.75) is 13.8 Å². The average Bonchev–Trinajstić information content (AvgIpc) is 2.94. The number of carbonyl (C=O) groups excluding carboxylic acids is 1. The molecule has 27 heavy (non-hydrogen) atoms. The largest absolute Gasteiger partial charge is 0.321 e. The van der Waals surface area contributed by atoms with Crippen molar-refractivity contribution in [2.75, 3.05) is 5.32 Å². The van der Waals surface area contributed by atoms with Crippen LogP contribution in [0.2, 0.25) is 0 Å². The lowest BCUT2D eigenvalue weighted by molar-refractivity contribution is -0.112. The van der Waals surface area contributed by atoms with E-state index in [-0.39, 0.29) is 5.57 Å². The van der Waals surface area contributed by atoms with Crippen LogP contribution in [0.4, 0.5) is 5.69 Å². The van der Waals surface area contributed by atoms with Gasteiger partial charge in [0.15, 0.2) is 0 Å². The molecule has 0 saturated carbocycles. The Morgan fingerprint density at radius 2 is 1.78 bits per heavy atom. The molecule has 0 atom stereocenters. The molecule has 1 amide bonds. The van der Waals surface area contributed by atoms with Crippen molar-refractivity contribution in [3.8, 4) is 11.8 Å². The Kier molecular flexibility index (Phi) is 5.77. The maximum absolute atomic E-state index is 12.4. The molecule has 3 rings (SSSR count). The van der Waals surface area contributed by atoms with Crippen molar-refractivity contribution >= 4 is 40.3 Å². The van der Waals surface area contributed by atoms with Crippen LogP contribution in [0.5, 0.6) is 0 Å². The van der Waals surface area contributed by atoms with Crippen LogP contribution >= 0.6 is 22.6 Å². The molecule has 0 bridgehead atoms. The normalized spacial score (nSPS) is 11.1. The van der Waals surface area contributed by atoms with E-state index in [0.717, 1.165) is 22.6 Å². The number of rotatable bonds is 4. The lowest BCUT2D eigenvalue weighted by atomic mass is 10.1. The smallest absolute Gasteiger partial charge is 0.266 e. The number of amides is 1. The number of para-hydroxylation sites is 1. The number of halogens is 1. The van der Waals surface area contributed by atoms with Gasteiger partial charge < -0.3 is 9.88 Å². The van der Waals surface area contributed by atoms with Crippen LogP contribution in [0.25, 0.3) is 11.8 Å². The van der Waals surface area contributed by atoms with Gasteiger partial charge in [0, 0.05) is 26.3 Å². The van der Waals surface area contributed by atoms with E-state index in [0.29, 0.717) is 5.69 Å². The van der Waals surface area contributed by atoms with Gasteiger partial charge in [0.1, 0.15) is 11.6 Å². The standard InChI is InChI=1S/C22H18IN3O/c1-15-12-17(16(2)26(15)21-10-8-19(23)9-11-21)13-18(14-24)22(27)25-20-6-4-3-5-7-20/h3-13H,1-2H3,(H,25,27)/b18-13+. The molecule has 0 aliphatic rings. The molecule has 1 heterocycles. The molecule has 0 aliphatic carbocycles. The number of benzene rings is 2. The van der Waals surface area contributed by atoms with Crippen LogP contribution in [0.1, 0.15) is 17.0 Å². The van der Waals surface area contributed by atoms with Gasteiger partial charge in [-0.25, -0.2) is 0 Å². The van der Waals surface area contributed by atoms with Crippen molar-refractivity contribution < 1.29 is 4.79 Å². The number of nitriles is 1. The monoisotopic (exact) mass is 467 g/mol. The summed E-state index contributed by atoms with van der Waals surface area (Å²) in [4.78, 5) is 12.4. The minimum Gasteiger partial charge on any atom is -0.321 e. The third-order valence-electron chi connectivity index (χ3n) is 4.25. The second-order valence-electron chi connectivity index (χ2n) is 6.13. The molecular weight excluding hydrogens is 449 g/mol. The molecule has 134 valence electrons. The number of hydrogen-bond acceptors (Lipinski definition) is 2. The van der Waals surface area contributed by atoms with Crippen LogP contribution in [-0.2, 0) is 4.79 Å². The summed E-state index contributed by atoms with van der Waals surface area (Å²) >= 11 is 2.28. The summed E-state index contributed by atoms with van der Waals surface area (Å²) < 4.78 is 3.29. The number of carbonyl (C=O) groups is 1. The summed E-state index contributed by atoms with van der Waals surface area (Å²) in [6.07, 6.45) is 1.64. The fourth-order valence-corrected chi connectivity index (χ4v) is 3.30. The van der Waals surface area contributed by atoms with E-state index in [1.807, 2.05) is 44.2 Å². The highest BCUT2D eigenvalue weighted by atomic mass is 127. The van der Waals surface area contributed by atoms with Gasteiger partial charge in [-0.1, -0.05) is 18.2 Å². The Labute approximate surface area is 172 Å². The molecule has 5 heteroatoms. The minimum atomic E-state index is -0.414. The van der Waals surface area contributed by atoms with Crippen molar-refractivity contribution in [1.29, 1.82) is 5.26 Å². The molecule has 0 saturated heterocycles. The number of aromatic nitrogens is 1. The van der Waals surface area contributed by atoms with Crippen molar-refractivity contribution in [1.82, 2.24) is 4.57 Å². The van der Waals surface area contributed by atoms with E-state index in [9.17, 15) is 10.1 Å². The maximum Gasteiger partial charge on any atom is 0.266 e. The zero-order chi connectivity index (χ0) is 19.4. The van der Waals surface area contributed by atoms with Crippen LogP contribution in [0.3, 0.4) is 0 Å². The first-order valence-corrected chi connectivity index (χ1v) is 9.50. The lowest BCUT2D eigenvalue weighted by Gasteiger charge is -2.09. The van der Waals surface area contributed by atoms with Crippen LogP contribution in [0.15, 0.2) is 66.2 Å². The molecule has 3 aromatic rings. The van der Waals surface area contributed by atoms with E-state index in [4.69, 9.17) is 0 Å². The highest BCUT2D eigenvalue weighted by Gasteiger charge is 2.14. The summed E-state index contributed by atoms with van der Waals surface area (Å²) in [6, 6.07) is 21.3. The highest BCUT2D eigenvalue weighted by molar-refractivity contribution is 14.1. The Hall–Kier alpha value is -2.85. The van der Waals surface area contributed by atoms with E-state index in [1.165, 1.54) is 3.57 Å². The van der Waals surface area contributed by atoms with Gasteiger partial charge in [0.2, 0.25) is 0 Å². The molecule has 2 aromatic carbocycles. The summed E-state index contributed by atoms with van der Waals surface area (Å²) in [5, 5.41) is 12.2. The van der Waals surface area contributed by atoms with Crippen LogP contribution in [0, 0.1) is 28.7 Å². The maximum atomic E-state index is 12.4. The summed E-state index contributed by atoms with van der Waals surface area (Å²) in [6.45, 7) is 4.00. The zero-order valence-corrected chi connectivity index (χ0v) is 17.2. The van der Waals surface area contributed by atoms with Gasteiger partial charge in [-0.05, 0) is 90.5 Å². The van der Waals surface area contributed by atoms with Gasteiger partial charge in [-0.3, -0.25) is 4.79 Å². The van der Waals surface area contributed by atoms with E-state index < -0.39 is 5.91 Å². The number of anilines is 1. The SMILES string of the molecule is Cc1cc(/C=C(\C#N)C(=O)Nc2ccccc2)c(C)n1-c1ccc(I)cc1. The van der Waals surface area contributed by atoms with Gasteiger partial charge >= 0.3 is 0 Å². The molecule has 4 nitrogen and oxygen atoms in total. The number of hydrogen-bond donors (Lipinski definition) is 1. The molecular formula is C22H18IN3O. The van der Waals surface area contributed by atoms with E-state index in [1.54, 1.807) is 18.2 Å². The van der Waals surface area contributed by atoms with Gasteiger partial charge in [-0.15, -0.1) is 0 Å². The Balaban J connectivity index is 1.93. The molecule has 0 radical (unpaired) electrons.